The quantitative estimate of drug-likeness (QED) is 0.875. The van der Waals surface area contributed by atoms with Crippen LogP contribution in [0.15, 0.2) is 41.3 Å². The van der Waals surface area contributed by atoms with Crippen LogP contribution < -0.4 is 5.32 Å². The molecular formula is C15H18N2O3. The Labute approximate surface area is 117 Å². The second-order valence-electron chi connectivity index (χ2n) is 4.96. The molecule has 1 atom stereocenters. The maximum atomic E-state index is 11.9. The molecule has 0 saturated heterocycles. The summed E-state index contributed by atoms with van der Waals surface area (Å²) < 4.78 is 5.18. The van der Waals surface area contributed by atoms with Gasteiger partial charge in [0, 0.05) is 17.7 Å². The predicted octanol–water partition coefficient (Wildman–Crippen LogP) is 2.09. The lowest BCUT2D eigenvalue weighted by atomic mass is 10.1. The zero-order chi connectivity index (χ0) is 14.5. The van der Waals surface area contributed by atoms with Gasteiger partial charge in [-0.3, -0.25) is 4.79 Å². The molecule has 20 heavy (non-hydrogen) atoms. The first-order valence-corrected chi connectivity index (χ1v) is 6.53. The number of carbonyl (C=O) groups is 1. The molecule has 0 spiro atoms. The molecular weight excluding hydrogens is 256 g/mol. The van der Waals surface area contributed by atoms with E-state index in [0.29, 0.717) is 11.3 Å². The second kappa shape index (κ2) is 6.34. The number of aromatic nitrogens is 1. The summed E-state index contributed by atoms with van der Waals surface area (Å²) in [5.74, 6) is 0.574. The van der Waals surface area contributed by atoms with Crippen molar-refractivity contribution in [1.82, 2.24) is 10.3 Å². The molecule has 0 aliphatic heterocycles. The lowest BCUT2D eigenvalue weighted by Crippen LogP contribution is -2.34. The van der Waals surface area contributed by atoms with Crippen molar-refractivity contribution in [3.8, 4) is 11.3 Å². The number of hydrogen-bond acceptors (Lipinski definition) is 4. The minimum Gasteiger partial charge on any atom is -0.444 e. The van der Waals surface area contributed by atoms with Crippen LogP contribution in [-0.2, 0) is 0 Å². The van der Waals surface area contributed by atoms with Crippen molar-refractivity contribution in [2.24, 2.45) is 5.92 Å². The van der Waals surface area contributed by atoms with Gasteiger partial charge in [0.25, 0.3) is 5.91 Å². The number of aliphatic hydroxyl groups excluding tert-OH is 1. The van der Waals surface area contributed by atoms with Gasteiger partial charge in [-0.25, -0.2) is 4.98 Å². The number of carbonyl (C=O) groups excluding carboxylic acids is 1. The van der Waals surface area contributed by atoms with E-state index in [1.807, 2.05) is 13.8 Å². The molecule has 0 saturated carbocycles. The molecule has 2 aromatic rings. The largest absolute Gasteiger partial charge is 0.444 e. The Hall–Kier alpha value is -2.14. The summed E-state index contributed by atoms with van der Waals surface area (Å²) in [6.07, 6.45) is 2.45. The molecule has 5 nitrogen and oxygen atoms in total. The molecule has 0 aliphatic rings. The maximum Gasteiger partial charge on any atom is 0.251 e. The highest BCUT2D eigenvalue weighted by molar-refractivity contribution is 5.94. The van der Waals surface area contributed by atoms with Gasteiger partial charge in [-0.2, -0.15) is 0 Å². The highest BCUT2D eigenvalue weighted by Gasteiger charge is 2.12. The van der Waals surface area contributed by atoms with E-state index in [1.165, 1.54) is 6.39 Å². The number of aliphatic hydroxyl groups is 1. The number of oxazole rings is 1. The third-order valence-corrected chi connectivity index (χ3v) is 3.11. The number of benzene rings is 1. The summed E-state index contributed by atoms with van der Waals surface area (Å²) in [5.41, 5.74) is 1.41. The SMILES string of the molecule is CC(C)C(O)CNC(=O)c1ccc(-c2cnco2)cc1. The minimum absolute atomic E-state index is 0.115. The number of amides is 1. The first-order valence-electron chi connectivity index (χ1n) is 6.53. The fourth-order valence-corrected chi connectivity index (χ4v) is 1.68. The zero-order valence-corrected chi connectivity index (χ0v) is 11.5. The molecule has 5 heteroatoms. The van der Waals surface area contributed by atoms with E-state index >= 15 is 0 Å². The molecule has 2 rings (SSSR count). The molecule has 106 valence electrons. The predicted molar refractivity (Wildman–Crippen MR) is 75.1 cm³/mol. The van der Waals surface area contributed by atoms with E-state index in [9.17, 15) is 9.90 Å². The van der Waals surface area contributed by atoms with E-state index in [0.717, 1.165) is 5.56 Å². The highest BCUT2D eigenvalue weighted by atomic mass is 16.3. The molecule has 1 heterocycles. The normalized spacial score (nSPS) is 12.4. The lowest BCUT2D eigenvalue weighted by molar-refractivity contribution is 0.0871. The van der Waals surface area contributed by atoms with E-state index < -0.39 is 6.10 Å². The Morgan fingerprint density at radius 3 is 2.60 bits per heavy atom. The number of hydrogen-bond donors (Lipinski definition) is 2. The van der Waals surface area contributed by atoms with Crippen molar-refractivity contribution in [3.63, 3.8) is 0 Å². The molecule has 0 fully saturated rings. The van der Waals surface area contributed by atoms with Gasteiger partial charge in [0.05, 0.1) is 12.3 Å². The van der Waals surface area contributed by atoms with Gasteiger partial charge in [0.1, 0.15) is 0 Å². The Bertz CT molecular complexity index is 547. The van der Waals surface area contributed by atoms with Crippen LogP contribution in [0, 0.1) is 5.92 Å². The van der Waals surface area contributed by atoms with Gasteiger partial charge < -0.3 is 14.8 Å². The van der Waals surface area contributed by atoms with Gasteiger partial charge in [-0.1, -0.05) is 26.0 Å². The summed E-state index contributed by atoms with van der Waals surface area (Å²) in [6, 6.07) is 7.03. The van der Waals surface area contributed by atoms with Crippen LogP contribution in [0.5, 0.6) is 0 Å². The molecule has 1 aromatic heterocycles. The summed E-state index contributed by atoms with van der Waals surface area (Å²) in [4.78, 5) is 15.8. The third kappa shape index (κ3) is 3.45. The minimum atomic E-state index is -0.535. The number of rotatable bonds is 5. The Balaban J connectivity index is 1.98. The molecule has 2 N–H and O–H groups in total. The summed E-state index contributed by atoms with van der Waals surface area (Å²) in [5, 5.41) is 12.4. The molecule has 0 aliphatic carbocycles. The van der Waals surface area contributed by atoms with Crippen molar-refractivity contribution >= 4 is 5.91 Å². The van der Waals surface area contributed by atoms with Gasteiger partial charge in [0.15, 0.2) is 12.2 Å². The Morgan fingerprint density at radius 1 is 1.35 bits per heavy atom. The second-order valence-corrected chi connectivity index (χ2v) is 4.96. The molecule has 0 radical (unpaired) electrons. The molecule has 1 aromatic carbocycles. The van der Waals surface area contributed by atoms with Crippen molar-refractivity contribution in [3.05, 3.63) is 42.4 Å². The van der Waals surface area contributed by atoms with E-state index in [-0.39, 0.29) is 18.4 Å². The molecule has 0 bridgehead atoms. The fourth-order valence-electron chi connectivity index (χ4n) is 1.68. The van der Waals surface area contributed by atoms with Crippen LogP contribution in [0.3, 0.4) is 0 Å². The Morgan fingerprint density at radius 2 is 2.05 bits per heavy atom. The fraction of sp³-hybridized carbons (Fsp3) is 0.333. The van der Waals surface area contributed by atoms with Gasteiger partial charge in [0.2, 0.25) is 0 Å². The Kier molecular flexibility index (Phi) is 4.53. The zero-order valence-electron chi connectivity index (χ0n) is 11.5. The van der Waals surface area contributed by atoms with E-state index in [2.05, 4.69) is 10.3 Å². The lowest BCUT2D eigenvalue weighted by Gasteiger charge is -2.15. The van der Waals surface area contributed by atoms with Crippen LogP contribution in [0.2, 0.25) is 0 Å². The highest BCUT2D eigenvalue weighted by Crippen LogP contribution is 2.18. The summed E-state index contributed by atoms with van der Waals surface area (Å²) in [7, 11) is 0. The maximum absolute atomic E-state index is 11.9. The van der Waals surface area contributed by atoms with Crippen LogP contribution in [0.1, 0.15) is 24.2 Å². The summed E-state index contributed by atoms with van der Waals surface area (Å²) >= 11 is 0. The standard InChI is InChI=1S/C15H18N2O3/c1-10(2)13(18)7-17-15(19)12-5-3-11(4-6-12)14-8-16-9-20-14/h3-6,8-10,13,18H,7H2,1-2H3,(H,17,19). The van der Waals surface area contributed by atoms with Gasteiger partial charge >= 0.3 is 0 Å². The smallest absolute Gasteiger partial charge is 0.251 e. The average molecular weight is 274 g/mol. The first kappa shape index (κ1) is 14.3. The van der Waals surface area contributed by atoms with Crippen LogP contribution in [-0.4, -0.2) is 28.6 Å². The molecule has 1 amide bonds. The van der Waals surface area contributed by atoms with Crippen molar-refractivity contribution in [1.29, 1.82) is 0 Å². The van der Waals surface area contributed by atoms with Crippen molar-refractivity contribution < 1.29 is 14.3 Å². The van der Waals surface area contributed by atoms with E-state index in [4.69, 9.17) is 4.42 Å². The number of nitrogens with zero attached hydrogens (tertiary/aromatic N) is 1. The topological polar surface area (TPSA) is 75.4 Å². The van der Waals surface area contributed by atoms with Crippen molar-refractivity contribution in [2.75, 3.05) is 6.54 Å². The summed E-state index contributed by atoms with van der Waals surface area (Å²) in [6.45, 7) is 4.06. The van der Waals surface area contributed by atoms with E-state index in [1.54, 1.807) is 30.5 Å². The van der Waals surface area contributed by atoms with Crippen LogP contribution >= 0.6 is 0 Å². The average Bonchev–Trinajstić information content (AvgIpc) is 2.98. The first-order chi connectivity index (χ1) is 9.58. The molecule has 1 unspecified atom stereocenters. The van der Waals surface area contributed by atoms with Crippen LogP contribution in [0.25, 0.3) is 11.3 Å². The van der Waals surface area contributed by atoms with Gasteiger partial charge in [-0.05, 0) is 18.1 Å². The number of nitrogens with one attached hydrogen (secondary N) is 1. The monoisotopic (exact) mass is 274 g/mol. The van der Waals surface area contributed by atoms with Crippen LogP contribution in [0.4, 0.5) is 0 Å². The third-order valence-electron chi connectivity index (χ3n) is 3.11. The van der Waals surface area contributed by atoms with Crippen molar-refractivity contribution in [2.45, 2.75) is 20.0 Å². The van der Waals surface area contributed by atoms with Gasteiger partial charge in [-0.15, -0.1) is 0 Å².